The summed E-state index contributed by atoms with van der Waals surface area (Å²) in [4.78, 5) is 2.63. The molecule has 1 saturated carbocycles. The van der Waals surface area contributed by atoms with Crippen LogP contribution in [-0.2, 0) is 4.74 Å². The minimum atomic E-state index is 0.259. The highest BCUT2D eigenvalue weighted by Gasteiger charge is 2.44. The third kappa shape index (κ3) is 2.38. The van der Waals surface area contributed by atoms with Crippen LogP contribution < -0.4 is 0 Å². The summed E-state index contributed by atoms with van der Waals surface area (Å²) < 4.78 is 6.00. The summed E-state index contributed by atoms with van der Waals surface area (Å²) in [6, 6.07) is 0.721. The van der Waals surface area contributed by atoms with E-state index in [9.17, 15) is 5.11 Å². The Kier molecular flexibility index (Phi) is 3.42. The topological polar surface area (TPSA) is 32.7 Å². The maximum Gasteiger partial charge on any atom is 0.0697 e. The van der Waals surface area contributed by atoms with Crippen LogP contribution in [-0.4, -0.2) is 48.0 Å². The number of hydrogen-bond acceptors (Lipinski definition) is 3. The van der Waals surface area contributed by atoms with E-state index in [1.807, 2.05) is 0 Å². The van der Waals surface area contributed by atoms with Crippen LogP contribution in [0.15, 0.2) is 0 Å². The molecule has 0 aromatic heterocycles. The summed E-state index contributed by atoms with van der Waals surface area (Å²) in [6.45, 7) is 3.66. The molecule has 3 nitrogen and oxygen atoms in total. The average molecular weight is 239 g/mol. The number of likely N-dealkylation sites (tertiary alicyclic amines) is 1. The summed E-state index contributed by atoms with van der Waals surface area (Å²) in [7, 11) is 0. The maximum absolute atomic E-state index is 9.32. The SMILES string of the molecule is OCC1CCCN(C2CCOC3(CCC3)C2)C1. The Morgan fingerprint density at radius 1 is 1.24 bits per heavy atom. The second kappa shape index (κ2) is 4.87. The fourth-order valence-electron chi connectivity index (χ4n) is 3.81. The first-order valence-electron chi connectivity index (χ1n) is 7.30. The summed E-state index contributed by atoms with van der Waals surface area (Å²) in [5, 5.41) is 9.32. The summed E-state index contributed by atoms with van der Waals surface area (Å²) >= 11 is 0. The van der Waals surface area contributed by atoms with Crippen molar-refractivity contribution in [3.63, 3.8) is 0 Å². The van der Waals surface area contributed by atoms with Crippen LogP contribution in [0.5, 0.6) is 0 Å². The Bertz CT molecular complexity index is 265. The number of aliphatic hydroxyl groups excluding tert-OH is 1. The van der Waals surface area contributed by atoms with E-state index in [4.69, 9.17) is 4.74 Å². The molecule has 1 N–H and O–H groups in total. The quantitative estimate of drug-likeness (QED) is 0.797. The van der Waals surface area contributed by atoms with E-state index in [-0.39, 0.29) is 5.60 Å². The van der Waals surface area contributed by atoms with Crippen LogP contribution in [0.3, 0.4) is 0 Å². The number of nitrogens with zero attached hydrogens (tertiary/aromatic N) is 1. The van der Waals surface area contributed by atoms with Crippen LogP contribution in [0.1, 0.15) is 44.9 Å². The van der Waals surface area contributed by atoms with Crippen LogP contribution in [0, 0.1) is 5.92 Å². The van der Waals surface area contributed by atoms with E-state index in [2.05, 4.69) is 4.90 Å². The third-order valence-electron chi connectivity index (χ3n) is 5.06. The van der Waals surface area contributed by atoms with Gasteiger partial charge in [0, 0.05) is 25.8 Å². The van der Waals surface area contributed by atoms with Crippen LogP contribution in [0.2, 0.25) is 0 Å². The molecular formula is C14H25NO2. The zero-order valence-electron chi connectivity index (χ0n) is 10.7. The molecule has 3 fully saturated rings. The van der Waals surface area contributed by atoms with Crippen LogP contribution >= 0.6 is 0 Å². The zero-order valence-corrected chi connectivity index (χ0v) is 10.7. The van der Waals surface area contributed by atoms with Gasteiger partial charge in [-0.3, -0.25) is 4.90 Å². The molecule has 98 valence electrons. The van der Waals surface area contributed by atoms with Gasteiger partial charge in [-0.25, -0.2) is 0 Å². The van der Waals surface area contributed by atoms with Crippen molar-refractivity contribution in [3.05, 3.63) is 0 Å². The molecule has 0 radical (unpaired) electrons. The molecule has 2 unspecified atom stereocenters. The Balaban J connectivity index is 1.59. The molecule has 2 aliphatic heterocycles. The molecule has 17 heavy (non-hydrogen) atoms. The van der Waals surface area contributed by atoms with Gasteiger partial charge < -0.3 is 9.84 Å². The van der Waals surface area contributed by atoms with Gasteiger partial charge in [-0.1, -0.05) is 0 Å². The normalized spacial score (nSPS) is 37.9. The van der Waals surface area contributed by atoms with Crippen molar-refractivity contribution in [1.82, 2.24) is 4.90 Å². The molecule has 3 rings (SSSR count). The smallest absolute Gasteiger partial charge is 0.0697 e. The van der Waals surface area contributed by atoms with E-state index in [1.165, 1.54) is 51.5 Å². The molecule has 2 atom stereocenters. The molecule has 2 saturated heterocycles. The molecular weight excluding hydrogens is 214 g/mol. The van der Waals surface area contributed by atoms with Crippen molar-refractivity contribution in [1.29, 1.82) is 0 Å². The van der Waals surface area contributed by atoms with Gasteiger partial charge in [0.2, 0.25) is 0 Å². The first-order valence-corrected chi connectivity index (χ1v) is 7.30. The van der Waals surface area contributed by atoms with E-state index >= 15 is 0 Å². The fraction of sp³-hybridized carbons (Fsp3) is 1.00. The van der Waals surface area contributed by atoms with Gasteiger partial charge in [0.25, 0.3) is 0 Å². The molecule has 0 aromatic carbocycles. The van der Waals surface area contributed by atoms with Crippen LogP contribution in [0.25, 0.3) is 0 Å². The van der Waals surface area contributed by atoms with Gasteiger partial charge in [-0.15, -0.1) is 0 Å². The lowest BCUT2D eigenvalue weighted by molar-refractivity contribution is -0.151. The lowest BCUT2D eigenvalue weighted by atomic mass is 9.73. The first-order chi connectivity index (χ1) is 8.31. The number of rotatable bonds is 2. The molecule has 3 aliphatic rings. The predicted molar refractivity (Wildman–Crippen MR) is 66.9 cm³/mol. The Morgan fingerprint density at radius 3 is 2.82 bits per heavy atom. The largest absolute Gasteiger partial charge is 0.396 e. The second-order valence-electron chi connectivity index (χ2n) is 6.22. The molecule has 0 aromatic rings. The predicted octanol–water partition coefficient (Wildman–Crippen LogP) is 1.79. The van der Waals surface area contributed by atoms with Crippen molar-refractivity contribution in [3.8, 4) is 0 Å². The third-order valence-corrected chi connectivity index (χ3v) is 5.06. The van der Waals surface area contributed by atoms with Gasteiger partial charge >= 0.3 is 0 Å². The highest BCUT2D eigenvalue weighted by molar-refractivity contribution is 4.97. The van der Waals surface area contributed by atoms with Crippen molar-refractivity contribution in [2.45, 2.75) is 56.6 Å². The van der Waals surface area contributed by atoms with Crippen molar-refractivity contribution >= 4 is 0 Å². The van der Waals surface area contributed by atoms with Gasteiger partial charge in [0.15, 0.2) is 0 Å². The van der Waals surface area contributed by atoms with Crippen molar-refractivity contribution < 1.29 is 9.84 Å². The molecule has 0 amide bonds. The van der Waals surface area contributed by atoms with Crippen molar-refractivity contribution in [2.24, 2.45) is 5.92 Å². The van der Waals surface area contributed by atoms with E-state index < -0.39 is 0 Å². The Labute approximate surface area is 104 Å². The van der Waals surface area contributed by atoms with E-state index in [1.54, 1.807) is 0 Å². The lowest BCUT2D eigenvalue weighted by Gasteiger charge is -2.50. The molecule has 2 heterocycles. The standard InChI is InChI=1S/C14H25NO2/c16-11-12-3-1-7-15(10-12)13-4-8-17-14(9-13)5-2-6-14/h12-13,16H,1-11H2. The van der Waals surface area contributed by atoms with Gasteiger partial charge in [-0.2, -0.15) is 0 Å². The average Bonchev–Trinajstić information content (AvgIpc) is 2.37. The number of aliphatic hydroxyl groups is 1. The monoisotopic (exact) mass is 239 g/mol. The van der Waals surface area contributed by atoms with E-state index in [0.717, 1.165) is 19.2 Å². The molecule has 0 bridgehead atoms. The second-order valence-corrected chi connectivity index (χ2v) is 6.22. The lowest BCUT2D eigenvalue weighted by Crippen LogP contribution is -2.54. The minimum absolute atomic E-state index is 0.259. The van der Waals surface area contributed by atoms with E-state index in [0.29, 0.717) is 12.5 Å². The Hall–Kier alpha value is -0.120. The zero-order chi connectivity index (χ0) is 11.7. The maximum atomic E-state index is 9.32. The summed E-state index contributed by atoms with van der Waals surface area (Å²) in [5.41, 5.74) is 0.259. The van der Waals surface area contributed by atoms with Gasteiger partial charge in [0.05, 0.1) is 5.60 Å². The van der Waals surface area contributed by atoms with Gasteiger partial charge in [-0.05, 0) is 57.4 Å². The Morgan fingerprint density at radius 2 is 2.12 bits per heavy atom. The summed E-state index contributed by atoms with van der Waals surface area (Å²) in [6.07, 6.45) is 8.81. The fourth-order valence-corrected chi connectivity index (χ4v) is 3.81. The molecule has 3 heteroatoms. The highest BCUT2D eigenvalue weighted by Crippen LogP contribution is 2.43. The summed E-state index contributed by atoms with van der Waals surface area (Å²) in [5.74, 6) is 0.518. The van der Waals surface area contributed by atoms with Crippen molar-refractivity contribution in [2.75, 3.05) is 26.3 Å². The minimum Gasteiger partial charge on any atom is -0.396 e. The number of ether oxygens (including phenoxy) is 1. The van der Waals surface area contributed by atoms with Crippen LogP contribution in [0.4, 0.5) is 0 Å². The molecule has 1 aliphatic carbocycles. The molecule has 1 spiro atoms. The first kappa shape index (κ1) is 11.9. The van der Waals surface area contributed by atoms with Gasteiger partial charge in [0.1, 0.15) is 0 Å². The number of hydrogen-bond donors (Lipinski definition) is 1. The highest BCUT2D eigenvalue weighted by atomic mass is 16.5. The number of piperidine rings is 1.